The van der Waals surface area contributed by atoms with Crippen molar-refractivity contribution in [3.63, 3.8) is 0 Å². The van der Waals surface area contributed by atoms with Crippen LogP contribution in [0.3, 0.4) is 0 Å². The number of anilines is 1. The van der Waals surface area contributed by atoms with Crippen molar-refractivity contribution in [3.8, 4) is 11.5 Å². The van der Waals surface area contributed by atoms with Crippen molar-refractivity contribution in [2.75, 3.05) is 4.72 Å². The number of hydrogen-bond acceptors (Lipinski definition) is 4. The second-order valence-electron chi connectivity index (χ2n) is 6.11. The standard InChI is InChI=1S/C20H15ClN2O3S/c1-13-5-4-6-14(11-13)20-22-17-10-9-15(12-18(17)26-20)23-27(24,25)19-8-3-2-7-16(19)21/h2-12,23H,1H3. The topological polar surface area (TPSA) is 72.2 Å². The van der Waals surface area contributed by atoms with Gasteiger partial charge < -0.3 is 4.42 Å². The Kier molecular flexibility index (Phi) is 4.37. The Morgan fingerprint density at radius 2 is 1.81 bits per heavy atom. The largest absolute Gasteiger partial charge is 0.436 e. The Labute approximate surface area is 161 Å². The zero-order valence-corrected chi connectivity index (χ0v) is 15.9. The molecule has 0 spiro atoms. The predicted octanol–water partition coefficient (Wildman–Crippen LogP) is 5.26. The molecule has 1 heterocycles. The number of nitrogens with one attached hydrogen (secondary N) is 1. The van der Waals surface area contributed by atoms with Crippen LogP contribution >= 0.6 is 11.6 Å². The van der Waals surface area contributed by atoms with Gasteiger partial charge in [0, 0.05) is 11.6 Å². The molecule has 0 radical (unpaired) electrons. The molecule has 0 aliphatic rings. The van der Waals surface area contributed by atoms with E-state index in [0.29, 0.717) is 22.7 Å². The molecule has 0 amide bonds. The molecule has 136 valence electrons. The highest BCUT2D eigenvalue weighted by Crippen LogP contribution is 2.28. The third-order valence-electron chi connectivity index (χ3n) is 4.03. The van der Waals surface area contributed by atoms with Crippen LogP contribution in [-0.4, -0.2) is 13.4 Å². The lowest BCUT2D eigenvalue weighted by Gasteiger charge is -2.09. The first-order valence-electron chi connectivity index (χ1n) is 8.17. The number of rotatable bonds is 4. The molecule has 1 N–H and O–H groups in total. The van der Waals surface area contributed by atoms with Crippen LogP contribution in [0.1, 0.15) is 5.56 Å². The fourth-order valence-corrected chi connectivity index (χ4v) is 4.33. The van der Waals surface area contributed by atoms with Crippen LogP contribution in [0.2, 0.25) is 5.02 Å². The minimum Gasteiger partial charge on any atom is -0.436 e. The lowest BCUT2D eigenvalue weighted by molar-refractivity contribution is 0.601. The fourth-order valence-electron chi connectivity index (χ4n) is 2.76. The third kappa shape index (κ3) is 3.54. The maximum absolute atomic E-state index is 12.6. The van der Waals surface area contributed by atoms with Crippen molar-refractivity contribution >= 4 is 38.4 Å². The van der Waals surface area contributed by atoms with Crippen molar-refractivity contribution < 1.29 is 12.8 Å². The van der Waals surface area contributed by atoms with Crippen molar-refractivity contribution in [1.29, 1.82) is 0 Å². The fraction of sp³-hybridized carbons (Fsp3) is 0.0500. The van der Waals surface area contributed by atoms with E-state index in [2.05, 4.69) is 9.71 Å². The second kappa shape index (κ2) is 6.72. The van der Waals surface area contributed by atoms with Gasteiger partial charge in [-0.1, -0.05) is 41.4 Å². The van der Waals surface area contributed by atoms with E-state index in [4.69, 9.17) is 16.0 Å². The molecule has 0 atom stereocenters. The van der Waals surface area contributed by atoms with Crippen LogP contribution in [0.5, 0.6) is 0 Å². The van der Waals surface area contributed by atoms with E-state index in [0.717, 1.165) is 11.1 Å². The lowest BCUT2D eigenvalue weighted by atomic mass is 10.1. The molecule has 0 aliphatic carbocycles. The van der Waals surface area contributed by atoms with Crippen molar-refractivity contribution in [2.45, 2.75) is 11.8 Å². The van der Waals surface area contributed by atoms with E-state index in [1.807, 2.05) is 31.2 Å². The number of oxazole rings is 1. The summed E-state index contributed by atoms with van der Waals surface area (Å²) in [4.78, 5) is 4.49. The molecule has 0 saturated carbocycles. The van der Waals surface area contributed by atoms with Gasteiger partial charge in [0.2, 0.25) is 5.89 Å². The molecule has 5 nitrogen and oxygen atoms in total. The van der Waals surface area contributed by atoms with Crippen LogP contribution in [0.25, 0.3) is 22.6 Å². The minimum atomic E-state index is -3.81. The number of sulfonamides is 1. The monoisotopic (exact) mass is 398 g/mol. The predicted molar refractivity (Wildman–Crippen MR) is 106 cm³/mol. The highest BCUT2D eigenvalue weighted by atomic mass is 35.5. The van der Waals surface area contributed by atoms with Gasteiger partial charge in [0.25, 0.3) is 10.0 Å². The number of aryl methyl sites for hydroxylation is 1. The summed E-state index contributed by atoms with van der Waals surface area (Å²) in [6.07, 6.45) is 0. The van der Waals surface area contributed by atoms with E-state index < -0.39 is 10.0 Å². The van der Waals surface area contributed by atoms with Crippen molar-refractivity contribution in [1.82, 2.24) is 4.98 Å². The number of nitrogens with zero attached hydrogens (tertiary/aromatic N) is 1. The number of hydrogen-bond donors (Lipinski definition) is 1. The molecule has 4 rings (SSSR count). The van der Waals surface area contributed by atoms with E-state index in [1.54, 1.807) is 30.3 Å². The van der Waals surface area contributed by atoms with Gasteiger partial charge in [0.05, 0.1) is 10.7 Å². The van der Waals surface area contributed by atoms with Crippen LogP contribution < -0.4 is 4.72 Å². The Morgan fingerprint density at radius 3 is 2.59 bits per heavy atom. The first-order valence-corrected chi connectivity index (χ1v) is 10.0. The molecule has 3 aromatic carbocycles. The first-order chi connectivity index (χ1) is 12.9. The smallest absolute Gasteiger partial charge is 0.263 e. The highest BCUT2D eigenvalue weighted by molar-refractivity contribution is 7.92. The van der Waals surface area contributed by atoms with Gasteiger partial charge in [-0.2, -0.15) is 0 Å². The zero-order valence-electron chi connectivity index (χ0n) is 14.3. The molecule has 27 heavy (non-hydrogen) atoms. The Morgan fingerprint density at radius 1 is 1.00 bits per heavy atom. The summed E-state index contributed by atoms with van der Waals surface area (Å²) in [6, 6.07) is 19.1. The number of benzene rings is 3. The Balaban J connectivity index is 1.69. The Hall–Kier alpha value is -2.83. The summed E-state index contributed by atoms with van der Waals surface area (Å²) in [5.74, 6) is 0.486. The van der Waals surface area contributed by atoms with Crippen LogP contribution in [0.4, 0.5) is 5.69 Å². The van der Waals surface area contributed by atoms with E-state index in [-0.39, 0.29) is 9.92 Å². The molecule has 4 aromatic rings. The van der Waals surface area contributed by atoms with Gasteiger partial charge in [-0.15, -0.1) is 0 Å². The average Bonchev–Trinajstić information content (AvgIpc) is 3.05. The summed E-state index contributed by atoms with van der Waals surface area (Å²) in [6.45, 7) is 1.99. The summed E-state index contributed by atoms with van der Waals surface area (Å²) in [5.41, 5.74) is 3.47. The molecule has 0 unspecified atom stereocenters. The zero-order chi connectivity index (χ0) is 19.0. The van der Waals surface area contributed by atoms with Gasteiger partial charge in [0.15, 0.2) is 5.58 Å². The highest BCUT2D eigenvalue weighted by Gasteiger charge is 2.18. The normalized spacial score (nSPS) is 11.6. The summed E-state index contributed by atoms with van der Waals surface area (Å²) in [7, 11) is -3.81. The van der Waals surface area contributed by atoms with Crippen molar-refractivity contribution in [2.24, 2.45) is 0 Å². The van der Waals surface area contributed by atoms with Gasteiger partial charge in [-0.3, -0.25) is 4.72 Å². The van der Waals surface area contributed by atoms with E-state index in [9.17, 15) is 8.42 Å². The molecule has 0 saturated heterocycles. The number of aromatic nitrogens is 1. The average molecular weight is 399 g/mol. The van der Waals surface area contributed by atoms with Crippen LogP contribution in [-0.2, 0) is 10.0 Å². The maximum atomic E-state index is 12.6. The third-order valence-corrected chi connectivity index (χ3v) is 5.91. The lowest BCUT2D eigenvalue weighted by Crippen LogP contribution is -2.13. The molecule has 7 heteroatoms. The SMILES string of the molecule is Cc1cccc(-c2nc3ccc(NS(=O)(=O)c4ccccc4Cl)cc3o2)c1. The van der Waals surface area contributed by atoms with Gasteiger partial charge >= 0.3 is 0 Å². The summed E-state index contributed by atoms with van der Waals surface area (Å²) in [5, 5.41) is 0.160. The molecular formula is C20H15ClN2O3S. The Bertz CT molecular complexity index is 1250. The van der Waals surface area contributed by atoms with E-state index in [1.165, 1.54) is 12.1 Å². The molecule has 1 aromatic heterocycles. The minimum absolute atomic E-state index is 0.0183. The molecule has 0 bridgehead atoms. The van der Waals surface area contributed by atoms with Gasteiger partial charge in [-0.05, 0) is 43.3 Å². The van der Waals surface area contributed by atoms with Gasteiger partial charge in [0.1, 0.15) is 10.4 Å². The van der Waals surface area contributed by atoms with Crippen LogP contribution in [0, 0.1) is 6.92 Å². The molecule has 0 fully saturated rings. The molecule has 0 aliphatic heterocycles. The van der Waals surface area contributed by atoms with Crippen molar-refractivity contribution in [3.05, 3.63) is 77.3 Å². The number of fused-ring (bicyclic) bond motifs is 1. The second-order valence-corrected chi connectivity index (χ2v) is 8.16. The number of halogens is 1. The van der Waals surface area contributed by atoms with Gasteiger partial charge in [-0.25, -0.2) is 13.4 Å². The summed E-state index contributed by atoms with van der Waals surface area (Å²) >= 11 is 6.01. The van der Waals surface area contributed by atoms with Crippen LogP contribution in [0.15, 0.2) is 76.0 Å². The summed E-state index contributed by atoms with van der Waals surface area (Å²) < 4.78 is 33.5. The van der Waals surface area contributed by atoms with E-state index >= 15 is 0 Å². The first kappa shape index (κ1) is 17.6. The maximum Gasteiger partial charge on any atom is 0.263 e. The quantitative estimate of drug-likeness (QED) is 0.509. The molecular weight excluding hydrogens is 384 g/mol.